The van der Waals surface area contributed by atoms with E-state index in [1.165, 1.54) is 6.92 Å². The van der Waals surface area contributed by atoms with Crippen LogP contribution in [0.2, 0.25) is 0 Å². The van der Waals surface area contributed by atoms with Crippen molar-refractivity contribution in [3.63, 3.8) is 0 Å². The van der Waals surface area contributed by atoms with Crippen LogP contribution < -0.4 is 10.6 Å². The number of hydrogen-bond donors (Lipinski definition) is 3. The molecule has 1 saturated heterocycles. The lowest BCUT2D eigenvalue weighted by Crippen LogP contribution is -2.42. The lowest BCUT2D eigenvalue weighted by molar-refractivity contribution is -0.128. The van der Waals surface area contributed by atoms with Gasteiger partial charge in [-0.2, -0.15) is 0 Å². The van der Waals surface area contributed by atoms with Crippen LogP contribution in [0, 0.1) is 0 Å². The summed E-state index contributed by atoms with van der Waals surface area (Å²) in [4.78, 5) is 21.4. The molecule has 0 bridgehead atoms. The smallest absolute Gasteiger partial charge is 0.407 e. The third-order valence-electron chi connectivity index (χ3n) is 1.64. The van der Waals surface area contributed by atoms with Crippen LogP contribution in [0.15, 0.2) is 0 Å². The second-order valence-corrected chi connectivity index (χ2v) is 2.86. The van der Waals surface area contributed by atoms with Gasteiger partial charge in [-0.3, -0.25) is 4.79 Å². The van der Waals surface area contributed by atoms with E-state index in [2.05, 4.69) is 15.4 Å². The molecule has 1 rings (SSSR count). The fraction of sp³-hybridized carbons (Fsp3) is 0.714. The number of carbonyl (C=O) groups excluding carboxylic acids is 2. The van der Waals surface area contributed by atoms with Crippen molar-refractivity contribution in [2.75, 3.05) is 13.2 Å². The van der Waals surface area contributed by atoms with Gasteiger partial charge in [0.2, 0.25) is 5.91 Å². The minimum absolute atomic E-state index is 0.199. The molecule has 74 valence electrons. The molecule has 2 atom stereocenters. The van der Waals surface area contributed by atoms with Crippen molar-refractivity contribution in [2.24, 2.45) is 0 Å². The number of hydrogen-bond acceptors (Lipinski definition) is 4. The van der Waals surface area contributed by atoms with Gasteiger partial charge in [-0.25, -0.2) is 4.79 Å². The van der Waals surface area contributed by atoms with Gasteiger partial charge >= 0.3 is 6.09 Å². The Morgan fingerprint density at radius 1 is 1.92 bits per heavy atom. The monoisotopic (exact) mass is 188 g/mol. The first kappa shape index (κ1) is 9.79. The number of carbonyl (C=O) groups is 2. The minimum Gasteiger partial charge on any atom is -0.447 e. The summed E-state index contributed by atoms with van der Waals surface area (Å²) in [5.41, 5.74) is 0. The summed E-state index contributed by atoms with van der Waals surface area (Å²) in [6.07, 6.45) is -1.51. The van der Waals surface area contributed by atoms with E-state index in [0.717, 1.165) is 0 Å². The van der Waals surface area contributed by atoms with Crippen molar-refractivity contribution in [2.45, 2.75) is 19.1 Å². The summed E-state index contributed by atoms with van der Waals surface area (Å²) in [6, 6.07) is -0.199. The molecule has 0 aromatic carbocycles. The highest BCUT2D eigenvalue weighted by molar-refractivity contribution is 5.80. The van der Waals surface area contributed by atoms with Gasteiger partial charge in [0, 0.05) is 6.54 Å². The van der Waals surface area contributed by atoms with Crippen LogP contribution in [0.1, 0.15) is 6.92 Å². The molecule has 0 spiro atoms. The van der Waals surface area contributed by atoms with Crippen LogP contribution in [0.5, 0.6) is 0 Å². The molecule has 13 heavy (non-hydrogen) atoms. The topological polar surface area (TPSA) is 87.7 Å². The van der Waals surface area contributed by atoms with Gasteiger partial charge in [-0.1, -0.05) is 0 Å². The predicted octanol–water partition coefficient (Wildman–Crippen LogP) is -1.41. The van der Waals surface area contributed by atoms with Crippen LogP contribution in [-0.2, 0) is 9.53 Å². The Hall–Kier alpha value is -1.30. The maximum atomic E-state index is 10.9. The molecule has 0 aromatic rings. The number of ether oxygens (including phenoxy) is 1. The maximum Gasteiger partial charge on any atom is 0.407 e. The molecule has 0 aliphatic carbocycles. The van der Waals surface area contributed by atoms with E-state index in [0.29, 0.717) is 0 Å². The Bertz CT molecular complexity index is 217. The second-order valence-electron chi connectivity index (χ2n) is 2.86. The van der Waals surface area contributed by atoms with Crippen LogP contribution in [-0.4, -0.2) is 42.4 Å². The Labute approximate surface area is 75.3 Å². The highest BCUT2D eigenvalue weighted by Crippen LogP contribution is 1.95. The first-order chi connectivity index (χ1) is 6.09. The molecule has 0 aromatic heterocycles. The molecule has 1 fully saturated rings. The van der Waals surface area contributed by atoms with Gasteiger partial charge in [-0.15, -0.1) is 0 Å². The Morgan fingerprint density at radius 3 is 3.08 bits per heavy atom. The van der Waals surface area contributed by atoms with Crippen molar-refractivity contribution >= 4 is 12.0 Å². The minimum atomic E-state index is -1.03. The number of nitrogens with one attached hydrogen (secondary N) is 2. The van der Waals surface area contributed by atoms with Gasteiger partial charge in [0.25, 0.3) is 0 Å². The fourth-order valence-corrected chi connectivity index (χ4v) is 0.908. The van der Waals surface area contributed by atoms with Gasteiger partial charge in [0.1, 0.15) is 12.7 Å². The third kappa shape index (κ3) is 2.90. The van der Waals surface area contributed by atoms with Crippen LogP contribution in [0.3, 0.4) is 0 Å². The van der Waals surface area contributed by atoms with E-state index < -0.39 is 18.1 Å². The van der Waals surface area contributed by atoms with E-state index in [9.17, 15) is 9.59 Å². The summed E-state index contributed by atoms with van der Waals surface area (Å²) >= 11 is 0. The highest BCUT2D eigenvalue weighted by Gasteiger charge is 2.22. The molecule has 1 aliphatic heterocycles. The zero-order valence-corrected chi connectivity index (χ0v) is 7.24. The molecule has 0 saturated carbocycles. The Kier molecular flexibility index (Phi) is 3.07. The van der Waals surface area contributed by atoms with Crippen molar-refractivity contribution < 1.29 is 19.4 Å². The zero-order valence-electron chi connectivity index (χ0n) is 7.24. The van der Waals surface area contributed by atoms with E-state index >= 15 is 0 Å². The van der Waals surface area contributed by atoms with Gasteiger partial charge in [0.15, 0.2) is 0 Å². The third-order valence-corrected chi connectivity index (χ3v) is 1.64. The summed E-state index contributed by atoms with van der Waals surface area (Å²) in [7, 11) is 0. The number of cyclic esters (lactones) is 1. The van der Waals surface area contributed by atoms with Crippen LogP contribution >= 0.6 is 0 Å². The van der Waals surface area contributed by atoms with Gasteiger partial charge < -0.3 is 20.5 Å². The van der Waals surface area contributed by atoms with Gasteiger partial charge in [0.05, 0.1) is 6.04 Å². The highest BCUT2D eigenvalue weighted by atomic mass is 16.6. The first-order valence-corrected chi connectivity index (χ1v) is 3.98. The summed E-state index contributed by atoms with van der Waals surface area (Å²) in [6.45, 7) is 1.90. The molecule has 0 radical (unpaired) electrons. The van der Waals surface area contributed by atoms with E-state index in [4.69, 9.17) is 5.11 Å². The zero-order chi connectivity index (χ0) is 9.84. The average Bonchev–Trinajstić information content (AvgIpc) is 2.47. The van der Waals surface area contributed by atoms with Crippen molar-refractivity contribution in [1.29, 1.82) is 0 Å². The molecule has 6 heteroatoms. The second kappa shape index (κ2) is 4.08. The number of aliphatic hydroxyl groups excluding tert-OH is 1. The Balaban J connectivity index is 2.19. The van der Waals surface area contributed by atoms with Crippen LogP contribution in [0.25, 0.3) is 0 Å². The molecule has 6 nitrogen and oxygen atoms in total. The maximum absolute atomic E-state index is 10.9. The van der Waals surface area contributed by atoms with Crippen molar-refractivity contribution in [3.8, 4) is 0 Å². The fourth-order valence-electron chi connectivity index (χ4n) is 0.908. The first-order valence-electron chi connectivity index (χ1n) is 3.98. The van der Waals surface area contributed by atoms with Crippen molar-refractivity contribution in [3.05, 3.63) is 0 Å². The van der Waals surface area contributed by atoms with E-state index in [1.807, 2.05) is 0 Å². The van der Waals surface area contributed by atoms with Crippen LogP contribution in [0.4, 0.5) is 4.79 Å². The largest absolute Gasteiger partial charge is 0.447 e. The summed E-state index contributed by atoms with van der Waals surface area (Å²) in [5.74, 6) is -0.457. The molecule has 2 amide bonds. The number of alkyl carbamates (subject to hydrolysis) is 1. The molecular weight excluding hydrogens is 176 g/mol. The molecular formula is C7H12N2O4. The normalized spacial score (nSPS) is 23.2. The van der Waals surface area contributed by atoms with Crippen molar-refractivity contribution in [1.82, 2.24) is 10.6 Å². The lowest BCUT2D eigenvalue weighted by atomic mass is 10.3. The van der Waals surface area contributed by atoms with Gasteiger partial charge in [-0.05, 0) is 6.92 Å². The molecule has 1 aliphatic rings. The number of aliphatic hydroxyl groups is 1. The summed E-state index contributed by atoms with van der Waals surface area (Å²) < 4.78 is 4.59. The lowest BCUT2D eigenvalue weighted by Gasteiger charge is -2.10. The predicted molar refractivity (Wildman–Crippen MR) is 43.0 cm³/mol. The van der Waals surface area contributed by atoms with E-state index in [1.54, 1.807) is 0 Å². The Morgan fingerprint density at radius 2 is 2.62 bits per heavy atom. The standard InChI is InChI=1S/C7H12N2O4/c1-4(10)6(11)8-2-5-3-13-7(12)9-5/h4-5,10H,2-3H2,1H3,(H,8,11)(H,9,12)/t4-,5?/m1/s1. The quantitative estimate of drug-likeness (QED) is 0.508. The number of rotatable bonds is 3. The number of amides is 2. The molecule has 1 unspecified atom stereocenters. The van der Waals surface area contributed by atoms with E-state index in [-0.39, 0.29) is 19.2 Å². The summed E-state index contributed by atoms with van der Waals surface area (Å²) in [5, 5.41) is 13.8. The molecule has 1 heterocycles. The SMILES string of the molecule is C[C@@H](O)C(=O)NCC1COC(=O)N1. The molecule has 3 N–H and O–H groups in total. The average molecular weight is 188 g/mol.